The molecule has 0 bridgehead atoms. The number of amides is 1. The van der Waals surface area contributed by atoms with Crippen LogP contribution in [-0.4, -0.2) is 55.6 Å². The maximum Gasteiger partial charge on any atom is 0.407 e. The molecule has 0 unspecified atom stereocenters. The summed E-state index contributed by atoms with van der Waals surface area (Å²) >= 11 is 0. The van der Waals surface area contributed by atoms with Gasteiger partial charge in [-0.25, -0.2) is 9.78 Å². The van der Waals surface area contributed by atoms with Crippen LogP contribution in [0.3, 0.4) is 0 Å². The number of anilines is 1. The number of terminal acetylenes is 1. The van der Waals surface area contributed by atoms with E-state index in [4.69, 9.17) is 21.6 Å². The van der Waals surface area contributed by atoms with E-state index >= 15 is 0 Å². The molecule has 1 aliphatic heterocycles. The highest BCUT2D eigenvalue weighted by Crippen LogP contribution is 2.39. The zero-order valence-corrected chi connectivity index (χ0v) is 25.2. The minimum Gasteiger partial charge on any atom is -0.442 e. The van der Waals surface area contributed by atoms with E-state index in [1.54, 1.807) is 0 Å². The average molecular weight is 589 g/mol. The number of halogens is 1. The van der Waals surface area contributed by atoms with E-state index in [1.807, 2.05) is 0 Å². The van der Waals surface area contributed by atoms with E-state index in [-0.39, 0.29) is 23.4 Å². The van der Waals surface area contributed by atoms with Crippen molar-refractivity contribution in [2.45, 2.75) is 134 Å². The van der Waals surface area contributed by atoms with E-state index < -0.39 is 36.7 Å². The monoisotopic (exact) mass is 588 g/mol. The molecule has 3 heterocycles. The van der Waals surface area contributed by atoms with Crippen molar-refractivity contribution < 1.29 is 23.8 Å². The maximum absolute atomic E-state index is 13.8. The fourth-order valence-electron chi connectivity index (χ4n) is 5.52. The predicted molar refractivity (Wildman–Crippen MR) is 161 cm³/mol. The van der Waals surface area contributed by atoms with Crippen molar-refractivity contribution in [3.05, 3.63) is 12.4 Å². The highest BCUT2D eigenvalue weighted by molar-refractivity contribution is 5.81. The molecule has 10 nitrogen and oxygen atoms in total. The number of unbranched alkanes of at least 4 members (excludes halogenated alkanes) is 15. The first-order valence-electron chi connectivity index (χ1n) is 15.8. The molecule has 0 spiro atoms. The molecule has 234 valence electrons. The Morgan fingerprint density at radius 1 is 1.10 bits per heavy atom. The summed E-state index contributed by atoms with van der Waals surface area (Å²) in [6, 6.07) is 0. The van der Waals surface area contributed by atoms with Crippen LogP contribution in [0.5, 0.6) is 0 Å². The standard InChI is InChI=1S/C31H49FN6O4/c1-3-5-6-7-8-9-10-11-12-13-14-15-16-17-18-19-20-34-30(40)41-24-21-25(42-31(24,4-2)22-39)38-23-35-26-27(33)36-29(32)37-28(26)38/h2,23-25,39H,3,5-22H2,1H3,(H,34,40)(H2,33,36,37)/t24-,25+,31+/m0/s1. The Labute approximate surface area is 249 Å². The Bertz CT molecular complexity index is 1140. The minimum absolute atomic E-state index is 0.105. The summed E-state index contributed by atoms with van der Waals surface area (Å²) in [7, 11) is 0. The molecule has 2 aromatic heterocycles. The van der Waals surface area contributed by atoms with Gasteiger partial charge >= 0.3 is 12.2 Å². The van der Waals surface area contributed by atoms with Crippen molar-refractivity contribution in [1.29, 1.82) is 0 Å². The quantitative estimate of drug-likeness (QED) is 0.0946. The molecular weight excluding hydrogens is 539 g/mol. The van der Waals surface area contributed by atoms with Crippen LogP contribution in [0, 0.1) is 18.4 Å². The van der Waals surface area contributed by atoms with E-state index in [1.165, 1.54) is 94.4 Å². The molecule has 3 rings (SSSR count). The topological polar surface area (TPSA) is 137 Å². The lowest BCUT2D eigenvalue weighted by Gasteiger charge is -2.26. The zero-order valence-electron chi connectivity index (χ0n) is 25.2. The predicted octanol–water partition coefficient (Wildman–Crippen LogP) is 6.19. The van der Waals surface area contributed by atoms with Crippen molar-refractivity contribution in [3.63, 3.8) is 0 Å². The summed E-state index contributed by atoms with van der Waals surface area (Å²) in [5, 5.41) is 12.8. The van der Waals surface area contributed by atoms with Crippen molar-refractivity contribution in [3.8, 4) is 12.3 Å². The molecular formula is C31H49FN6O4. The summed E-state index contributed by atoms with van der Waals surface area (Å²) in [4.78, 5) is 23.9. The van der Waals surface area contributed by atoms with Crippen LogP contribution >= 0.6 is 0 Å². The Hall–Kier alpha value is -2.97. The second kappa shape index (κ2) is 17.9. The number of aromatic nitrogens is 4. The molecule has 42 heavy (non-hydrogen) atoms. The number of alkyl carbamates (subject to hydrolysis) is 1. The van der Waals surface area contributed by atoms with Gasteiger partial charge in [0.2, 0.25) is 0 Å². The highest BCUT2D eigenvalue weighted by Gasteiger charge is 2.51. The average Bonchev–Trinajstić information content (AvgIpc) is 3.56. The molecule has 1 saturated heterocycles. The Kier molecular flexibility index (Phi) is 14.3. The van der Waals surface area contributed by atoms with Gasteiger partial charge in [-0.3, -0.25) is 4.57 Å². The van der Waals surface area contributed by atoms with Crippen molar-refractivity contribution in [2.24, 2.45) is 0 Å². The Morgan fingerprint density at radius 2 is 1.67 bits per heavy atom. The minimum atomic E-state index is -1.57. The van der Waals surface area contributed by atoms with Crippen LogP contribution in [0.25, 0.3) is 11.2 Å². The second-order valence-corrected chi connectivity index (χ2v) is 11.3. The van der Waals surface area contributed by atoms with Crippen LogP contribution in [0.15, 0.2) is 6.33 Å². The number of hydrogen-bond acceptors (Lipinski definition) is 8. The Morgan fingerprint density at radius 3 is 2.21 bits per heavy atom. The molecule has 4 N–H and O–H groups in total. The van der Waals surface area contributed by atoms with Crippen LogP contribution in [0.4, 0.5) is 15.0 Å². The number of carbonyl (C=O) groups excluding carboxylic acids is 1. The normalized spacial score (nSPS) is 20.1. The number of rotatable bonds is 20. The van der Waals surface area contributed by atoms with E-state index in [9.17, 15) is 14.3 Å². The molecule has 1 amide bonds. The highest BCUT2D eigenvalue weighted by atomic mass is 19.1. The fourth-order valence-corrected chi connectivity index (χ4v) is 5.52. The first-order chi connectivity index (χ1) is 20.4. The van der Waals surface area contributed by atoms with E-state index in [2.05, 4.69) is 33.1 Å². The molecule has 0 radical (unpaired) electrons. The lowest BCUT2D eigenvalue weighted by molar-refractivity contribution is -0.0908. The summed E-state index contributed by atoms with van der Waals surface area (Å²) in [5.74, 6) is 2.32. The molecule has 1 aliphatic rings. The largest absolute Gasteiger partial charge is 0.442 e. The fraction of sp³-hybridized carbons (Fsp3) is 0.742. The van der Waals surface area contributed by atoms with Gasteiger partial charge in [-0.15, -0.1) is 6.42 Å². The second-order valence-electron chi connectivity index (χ2n) is 11.3. The smallest absolute Gasteiger partial charge is 0.407 e. The van der Waals surface area contributed by atoms with E-state index in [0.29, 0.717) is 6.54 Å². The summed E-state index contributed by atoms with van der Waals surface area (Å²) in [5.41, 5.74) is 4.50. The van der Waals surface area contributed by atoms with Gasteiger partial charge in [0, 0.05) is 13.0 Å². The van der Waals surface area contributed by atoms with Crippen LogP contribution in [-0.2, 0) is 9.47 Å². The first kappa shape index (κ1) is 33.5. The molecule has 11 heteroatoms. The molecule has 0 saturated carbocycles. The van der Waals surface area contributed by atoms with Crippen molar-refractivity contribution >= 4 is 23.1 Å². The summed E-state index contributed by atoms with van der Waals surface area (Å²) in [6.07, 6.45) is 24.3. The number of nitrogens with zero attached hydrogens (tertiary/aromatic N) is 4. The van der Waals surface area contributed by atoms with Gasteiger partial charge in [-0.05, 0) is 6.42 Å². The first-order valence-corrected chi connectivity index (χ1v) is 15.8. The molecule has 3 atom stereocenters. The van der Waals surface area contributed by atoms with Gasteiger partial charge in [0.05, 0.1) is 12.9 Å². The zero-order chi connectivity index (χ0) is 30.2. The van der Waals surface area contributed by atoms with Crippen LogP contribution in [0.2, 0.25) is 0 Å². The number of hydrogen-bond donors (Lipinski definition) is 3. The number of ether oxygens (including phenoxy) is 2. The van der Waals surface area contributed by atoms with Gasteiger partial charge in [-0.2, -0.15) is 14.4 Å². The molecule has 1 fully saturated rings. The van der Waals surface area contributed by atoms with Crippen molar-refractivity contribution in [2.75, 3.05) is 18.9 Å². The van der Waals surface area contributed by atoms with Gasteiger partial charge in [0.1, 0.15) is 6.23 Å². The van der Waals surface area contributed by atoms with E-state index in [0.717, 1.165) is 19.3 Å². The third-order valence-corrected chi connectivity index (χ3v) is 8.04. The van der Waals surface area contributed by atoms with Gasteiger partial charge in [-0.1, -0.05) is 109 Å². The summed E-state index contributed by atoms with van der Waals surface area (Å²) in [6.45, 7) is 2.17. The van der Waals surface area contributed by atoms with Crippen LogP contribution in [0.1, 0.15) is 122 Å². The number of imidazole rings is 1. The molecule has 0 aromatic carbocycles. The molecule has 0 aliphatic carbocycles. The molecule has 2 aromatic rings. The van der Waals surface area contributed by atoms with Crippen LogP contribution < -0.4 is 11.1 Å². The number of carbonyl (C=O) groups is 1. The third-order valence-electron chi connectivity index (χ3n) is 8.04. The SMILES string of the molecule is C#C[C@]1(CO)O[C@@H](n2cnc3c(N)nc(F)nc32)C[C@@H]1OC(=O)NCCCCCCCCCCCCCCCCCC. The number of aliphatic hydroxyl groups is 1. The number of nitrogens with one attached hydrogen (secondary N) is 1. The number of aliphatic hydroxyl groups excluding tert-OH is 1. The van der Waals surface area contributed by atoms with Crippen molar-refractivity contribution in [1.82, 2.24) is 24.8 Å². The lowest BCUT2D eigenvalue weighted by Crippen LogP contribution is -2.45. The Balaban J connectivity index is 1.28. The lowest BCUT2D eigenvalue weighted by atomic mass is 9.98. The summed E-state index contributed by atoms with van der Waals surface area (Å²) < 4.78 is 26.8. The number of nitrogen functional groups attached to an aromatic ring is 1. The van der Waals surface area contributed by atoms with Gasteiger partial charge in [0.25, 0.3) is 0 Å². The van der Waals surface area contributed by atoms with Gasteiger partial charge < -0.3 is 25.6 Å². The third kappa shape index (κ3) is 9.80. The number of nitrogens with two attached hydrogens (primary N) is 1. The van der Waals surface area contributed by atoms with Gasteiger partial charge in [0.15, 0.2) is 28.7 Å². The number of fused-ring (bicyclic) bond motifs is 1. The maximum atomic E-state index is 13.8.